The number of nitriles is 1. The van der Waals surface area contributed by atoms with Crippen LogP contribution in [0.1, 0.15) is 13.3 Å². The Kier molecular flexibility index (Phi) is 4.56. The Morgan fingerprint density at radius 3 is 2.75 bits per heavy atom. The molecule has 16 heavy (non-hydrogen) atoms. The standard InChI is InChI=1S/C10H15F3N2O/c1-2-9-7-16-4-3-15(9)6-8(5-14)10(11,12)13/h8-9H,2-4,6-7H2,1H3. The number of hydrogen-bond acceptors (Lipinski definition) is 3. The molecule has 0 amide bonds. The summed E-state index contributed by atoms with van der Waals surface area (Å²) in [4.78, 5) is 1.70. The van der Waals surface area contributed by atoms with Crippen LogP contribution in [0.15, 0.2) is 0 Å². The molecule has 3 nitrogen and oxygen atoms in total. The van der Waals surface area contributed by atoms with Gasteiger partial charge in [0.05, 0.1) is 19.3 Å². The molecule has 0 N–H and O–H groups in total. The fraction of sp³-hybridized carbons (Fsp3) is 0.900. The maximum Gasteiger partial charge on any atom is 0.405 e. The number of halogens is 3. The van der Waals surface area contributed by atoms with E-state index in [1.165, 1.54) is 6.07 Å². The van der Waals surface area contributed by atoms with Gasteiger partial charge in [0.15, 0.2) is 5.92 Å². The lowest BCUT2D eigenvalue weighted by molar-refractivity contribution is -0.167. The molecule has 1 heterocycles. The SMILES string of the molecule is CCC1COCCN1CC(C#N)C(F)(F)F. The summed E-state index contributed by atoms with van der Waals surface area (Å²) in [7, 11) is 0. The summed E-state index contributed by atoms with van der Waals surface area (Å²) >= 11 is 0. The molecule has 0 aromatic rings. The average molecular weight is 236 g/mol. The van der Waals surface area contributed by atoms with Crippen molar-refractivity contribution < 1.29 is 17.9 Å². The average Bonchev–Trinajstić information content (AvgIpc) is 2.24. The van der Waals surface area contributed by atoms with Crippen molar-refractivity contribution in [2.24, 2.45) is 5.92 Å². The number of nitrogens with zero attached hydrogens (tertiary/aromatic N) is 2. The predicted octanol–water partition coefficient (Wildman–Crippen LogP) is 1.80. The van der Waals surface area contributed by atoms with Gasteiger partial charge in [0, 0.05) is 19.1 Å². The molecule has 0 saturated carbocycles. The second kappa shape index (κ2) is 5.51. The van der Waals surface area contributed by atoms with Gasteiger partial charge in [0.2, 0.25) is 0 Å². The van der Waals surface area contributed by atoms with Gasteiger partial charge >= 0.3 is 6.18 Å². The third-order valence-corrected chi connectivity index (χ3v) is 2.79. The monoisotopic (exact) mass is 236 g/mol. The lowest BCUT2D eigenvalue weighted by Crippen LogP contribution is -2.48. The van der Waals surface area contributed by atoms with Crippen LogP contribution >= 0.6 is 0 Å². The van der Waals surface area contributed by atoms with Crippen LogP contribution in [0.3, 0.4) is 0 Å². The van der Waals surface area contributed by atoms with E-state index in [-0.39, 0.29) is 12.6 Å². The van der Waals surface area contributed by atoms with Crippen LogP contribution < -0.4 is 0 Å². The highest BCUT2D eigenvalue weighted by Crippen LogP contribution is 2.27. The van der Waals surface area contributed by atoms with Gasteiger partial charge in [-0.15, -0.1) is 0 Å². The van der Waals surface area contributed by atoms with Crippen LogP contribution in [0.4, 0.5) is 13.2 Å². The minimum absolute atomic E-state index is 0.00745. The maximum atomic E-state index is 12.4. The number of ether oxygens (including phenoxy) is 1. The molecule has 0 aromatic carbocycles. The van der Waals surface area contributed by atoms with Crippen molar-refractivity contribution in [3.05, 3.63) is 0 Å². The van der Waals surface area contributed by atoms with Crippen molar-refractivity contribution >= 4 is 0 Å². The Hall–Kier alpha value is -0.800. The minimum Gasteiger partial charge on any atom is -0.378 e. The fourth-order valence-corrected chi connectivity index (χ4v) is 1.76. The number of rotatable bonds is 3. The summed E-state index contributed by atoms with van der Waals surface area (Å²) in [6.45, 7) is 3.01. The molecular formula is C10H15F3N2O. The lowest BCUT2D eigenvalue weighted by Gasteiger charge is -2.36. The van der Waals surface area contributed by atoms with E-state index < -0.39 is 12.1 Å². The zero-order valence-corrected chi connectivity index (χ0v) is 9.13. The summed E-state index contributed by atoms with van der Waals surface area (Å²) in [5.41, 5.74) is 0. The van der Waals surface area contributed by atoms with Gasteiger partial charge in [-0.1, -0.05) is 6.92 Å². The van der Waals surface area contributed by atoms with Crippen LogP contribution in [-0.2, 0) is 4.74 Å². The molecule has 1 aliphatic heterocycles. The van der Waals surface area contributed by atoms with Gasteiger partial charge in [-0.3, -0.25) is 4.90 Å². The molecule has 2 unspecified atom stereocenters. The topological polar surface area (TPSA) is 36.3 Å². The van der Waals surface area contributed by atoms with E-state index in [1.54, 1.807) is 4.90 Å². The van der Waals surface area contributed by atoms with Gasteiger partial charge in [-0.05, 0) is 6.42 Å². The first-order valence-corrected chi connectivity index (χ1v) is 5.27. The van der Waals surface area contributed by atoms with Gasteiger partial charge in [-0.2, -0.15) is 18.4 Å². The summed E-state index contributed by atoms with van der Waals surface area (Å²) in [5.74, 6) is -1.90. The molecule has 0 spiro atoms. The van der Waals surface area contributed by atoms with E-state index >= 15 is 0 Å². The van der Waals surface area contributed by atoms with E-state index in [1.807, 2.05) is 6.92 Å². The maximum absolute atomic E-state index is 12.4. The molecule has 0 aromatic heterocycles. The van der Waals surface area contributed by atoms with Crippen molar-refractivity contribution in [1.29, 1.82) is 5.26 Å². The summed E-state index contributed by atoms with van der Waals surface area (Å²) < 4.78 is 42.5. The Morgan fingerprint density at radius 2 is 2.25 bits per heavy atom. The molecule has 1 rings (SSSR count). The number of alkyl halides is 3. The van der Waals surface area contributed by atoms with Crippen molar-refractivity contribution in [2.45, 2.75) is 25.6 Å². The molecule has 1 saturated heterocycles. The van der Waals surface area contributed by atoms with Crippen molar-refractivity contribution in [2.75, 3.05) is 26.3 Å². The van der Waals surface area contributed by atoms with Crippen molar-refractivity contribution in [1.82, 2.24) is 4.90 Å². The highest BCUT2D eigenvalue weighted by molar-refractivity contribution is 4.92. The minimum atomic E-state index is -4.44. The summed E-state index contributed by atoms with van der Waals surface area (Å²) in [6, 6.07) is 1.32. The molecule has 0 aliphatic carbocycles. The van der Waals surface area contributed by atoms with Gasteiger partial charge < -0.3 is 4.74 Å². The molecular weight excluding hydrogens is 221 g/mol. The third-order valence-electron chi connectivity index (χ3n) is 2.79. The first-order valence-electron chi connectivity index (χ1n) is 5.27. The van der Waals surface area contributed by atoms with Crippen LogP contribution in [0, 0.1) is 17.2 Å². The number of hydrogen-bond donors (Lipinski definition) is 0. The lowest BCUT2D eigenvalue weighted by atomic mass is 10.1. The molecule has 6 heteroatoms. The highest BCUT2D eigenvalue weighted by Gasteiger charge is 2.41. The van der Waals surface area contributed by atoms with E-state index in [2.05, 4.69) is 0 Å². The van der Waals surface area contributed by atoms with E-state index in [4.69, 9.17) is 10.00 Å². The molecule has 1 aliphatic rings. The van der Waals surface area contributed by atoms with Gasteiger partial charge in [0.1, 0.15) is 0 Å². The molecule has 0 bridgehead atoms. The predicted molar refractivity (Wildman–Crippen MR) is 51.6 cm³/mol. The van der Waals surface area contributed by atoms with Crippen LogP contribution in [0.2, 0.25) is 0 Å². The second-order valence-electron chi connectivity index (χ2n) is 3.86. The molecule has 1 fully saturated rings. The Balaban J connectivity index is 2.60. The Labute approximate surface area is 92.8 Å². The van der Waals surface area contributed by atoms with Gasteiger partial charge in [0.25, 0.3) is 0 Å². The van der Waals surface area contributed by atoms with E-state index in [9.17, 15) is 13.2 Å². The zero-order chi connectivity index (χ0) is 12.2. The van der Waals surface area contributed by atoms with Crippen molar-refractivity contribution in [3.63, 3.8) is 0 Å². The fourth-order valence-electron chi connectivity index (χ4n) is 1.76. The normalized spacial score (nSPS) is 25.1. The van der Waals surface area contributed by atoms with E-state index in [0.29, 0.717) is 19.8 Å². The first kappa shape index (κ1) is 13.3. The van der Waals surface area contributed by atoms with Crippen LogP contribution in [0.25, 0.3) is 0 Å². The molecule has 2 atom stereocenters. The van der Waals surface area contributed by atoms with Crippen LogP contribution in [0.5, 0.6) is 0 Å². The highest BCUT2D eigenvalue weighted by atomic mass is 19.4. The third kappa shape index (κ3) is 3.35. The Bertz CT molecular complexity index is 262. The summed E-state index contributed by atoms with van der Waals surface area (Å²) in [6.07, 6.45) is -3.71. The Morgan fingerprint density at radius 1 is 1.56 bits per heavy atom. The second-order valence-corrected chi connectivity index (χ2v) is 3.86. The molecule has 0 radical (unpaired) electrons. The van der Waals surface area contributed by atoms with E-state index in [0.717, 1.165) is 6.42 Å². The molecule has 92 valence electrons. The largest absolute Gasteiger partial charge is 0.405 e. The smallest absolute Gasteiger partial charge is 0.378 e. The van der Waals surface area contributed by atoms with Gasteiger partial charge in [-0.25, -0.2) is 0 Å². The quantitative estimate of drug-likeness (QED) is 0.749. The van der Waals surface area contributed by atoms with Crippen LogP contribution in [-0.4, -0.2) is 43.4 Å². The summed E-state index contributed by atoms with van der Waals surface area (Å²) in [5, 5.41) is 8.52. The zero-order valence-electron chi connectivity index (χ0n) is 9.13. The number of morpholine rings is 1. The van der Waals surface area contributed by atoms with Crippen molar-refractivity contribution in [3.8, 4) is 6.07 Å². The first-order chi connectivity index (χ1) is 7.49.